The first-order chi connectivity index (χ1) is 11.2. The van der Waals surface area contributed by atoms with E-state index >= 15 is 0 Å². The largest absolute Gasteiger partial charge is 0.497 e. The molecule has 0 spiro atoms. The zero-order chi connectivity index (χ0) is 16.5. The topological polar surface area (TPSA) is 24.5 Å². The fourth-order valence-electron chi connectivity index (χ4n) is 3.37. The number of aryl methyl sites for hydroxylation is 1. The Kier molecular flexibility index (Phi) is 7.90. The molecule has 0 radical (unpaired) electrons. The third kappa shape index (κ3) is 6.52. The number of likely N-dealkylation sites (tertiary alicyclic amines) is 1. The predicted octanol–water partition coefficient (Wildman–Crippen LogP) is 3.87. The van der Waals surface area contributed by atoms with Crippen LogP contribution in [-0.2, 0) is 6.42 Å². The maximum atomic E-state index is 5.21. The van der Waals surface area contributed by atoms with E-state index in [4.69, 9.17) is 4.74 Å². The van der Waals surface area contributed by atoms with Gasteiger partial charge in [-0.1, -0.05) is 25.5 Å². The van der Waals surface area contributed by atoms with Crippen molar-refractivity contribution in [3.8, 4) is 5.75 Å². The lowest BCUT2D eigenvalue weighted by Crippen LogP contribution is -2.45. The molecule has 2 rings (SSSR count). The molecule has 1 aromatic carbocycles. The van der Waals surface area contributed by atoms with Crippen LogP contribution < -0.4 is 10.1 Å². The van der Waals surface area contributed by atoms with E-state index in [9.17, 15) is 0 Å². The minimum Gasteiger partial charge on any atom is -0.497 e. The number of ether oxygens (including phenoxy) is 1. The van der Waals surface area contributed by atoms with Crippen molar-refractivity contribution in [3.63, 3.8) is 0 Å². The van der Waals surface area contributed by atoms with Gasteiger partial charge in [-0.3, -0.25) is 0 Å². The highest BCUT2D eigenvalue weighted by Gasteiger charge is 2.19. The summed E-state index contributed by atoms with van der Waals surface area (Å²) in [5.41, 5.74) is 1.40. The van der Waals surface area contributed by atoms with Gasteiger partial charge in [0.2, 0.25) is 0 Å². The molecule has 0 aromatic heterocycles. The summed E-state index contributed by atoms with van der Waals surface area (Å²) in [6.45, 7) is 8.42. The Morgan fingerprint density at radius 1 is 1.22 bits per heavy atom. The van der Waals surface area contributed by atoms with E-state index in [0.29, 0.717) is 12.1 Å². The molecule has 1 aliphatic heterocycles. The highest BCUT2D eigenvalue weighted by atomic mass is 16.5. The second-order valence-electron chi connectivity index (χ2n) is 6.92. The van der Waals surface area contributed by atoms with Crippen molar-refractivity contribution in [1.29, 1.82) is 0 Å². The van der Waals surface area contributed by atoms with Crippen LogP contribution >= 0.6 is 0 Å². The molecular weight excluding hydrogens is 284 g/mol. The molecule has 1 fully saturated rings. The van der Waals surface area contributed by atoms with Crippen LogP contribution in [0.15, 0.2) is 24.3 Å². The van der Waals surface area contributed by atoms with Gasteiger partial charge in [-0.15, -0.1) is 0 Å². The number of nitrogens with zero attached hydrogens (tertiary/aromatic N) is 1. The van der Waals surface area contributed by atoms with Crippen molar-refractivity contribution in [3.05, 3.63) is 29.8 Å². The number of piperidine rings is 1. The minimum atomic E-state index is 0.587. The monoisotopic (exact) mass is 318 g/mol. The molecule has 0 saturated carbocycles. The summed E-state index contributed by atoms with van der Waals surface area (Å²) in [5.74, 6) is 0.940. The Balaban J connectivity index is 1.64. The fraction of sp³-hybridized carbons (Fsp3) is 0.700. The van der Waals surface area contributed by atoms with Gasteiger partial charge in [0.25, 0.3) is 0 Å². The Bertz CT molecular complexity index is 424. The lowest BCUT2D eigenvalue weighted by atomic mass is 10.0. The Morgan fingerprint density at radius 2 is 1.91 bits per heavy atom. The van der Waals surface area contributed by atoms with E-state index in [0.717, 1.165) is 12.2 Å². The van der Waals surface area contributed by atoms with E-state index < -0.39 is 0 Å². The van der Waals surface area contributed by atoms with Crippen molar-refractivity contribution in [2.45, 2.75) is 64.5 Å². The first kappa shape index (κ1) is 18.3. The Labute approximate surface area is 142 Å². The molecule has 1 N–H and O–H groups in total. The number of unbranched alkanes of at least 4 members (excludes halogenated alkanes) is 1. The zero-order valence-corrected chi connectivity index (χ0v) is 15.2. The number of methoxy groups -OCH3 is 1. The van der Waals surface area contributed by atoms with Crippen LogP contribution in [0.25, 0.3) is 0 Å². The lowest BCUT2D eigenvalue weighted by molar-refractivity contribution is 0.189. The molecule has 0 aliphatic carbocycles. The first-order valence-corrected chi connectivity index (χ1v) is 9.32. The molecule has 1 atom stereocenters. The normalized spacial score (nSPS) is 18.0. The van der Waals surface area contributed by atoms with Crippen LogP contribution in [0.5, 0.6) is 5.75 Å². The first-order valence-electron chi connectivity index (χ1n) is 9.32. The molecule has 1 heterocycles. The van der Waals surface area contributed by atoms with Crippen molar-refractivity contribution in [2.75, 3.05) is 26.7 Å². The van der Waals surface area contributed by atoms with E-state index in [2.05, 4.69) is 48.3 Å². The number of nitrogens with one attached hydrogen (secondary N) is 1. The van der Waals surface area contributed by atoms with E-state index in [1.807, 2.05) is 0 Å². The molecule has 1 saturated heterocycles. The van der Waals surface area contributed by atoms with Crippen molar-refractivity contribution in [2.24, 2.45) is 0 Å². The standard InChI is InChI=1S/C20H34N2O/c1-4-5-14-22-15-12-19(13-16-22)21-17(2)6-7-18-8-10-20(23-3)11-9-18/h8-11,17,19,21H,4-7,12-16H2,1-3H3. The number of rotatable bonds is 9. The Morgan fingerprint density at radius 3 is 2.52 bits per heavy atom. The fourth-order valence-corrected chi connectivity index (χ4v) is 3.37. The lowest BCUT2D eigenvalue weighted by Gasteiger charge is -2.34. The Hall–Kier alpha value is -1.06. The number of benzene rings is 1. The molecule has 130 valence electrons. The molecular formula is C20H34N2O. The minimum absolute atomic E-state index is 0.587. The van der Waals surface area contributed by atoms with Gasteiger partial charge in [-0.05, 0) is 76.4 Å². The SMILES string of the molecule is CCCCN1CCC(NC(C)CCc2ccc(OC)cc2)CC1. The number of hydrogen-bond acceptors (Lipinski definition) is 3. The van der Waals surface area contributed by atoms with E-state index in [1.165, 1.54) is 57.3 Å². The zero-order valence-electron chi connectivity index (χ0n) is 15.2. The van der Waals surface area contributed by atoms with Crippen LogP contribution in [0, 0.1) is 0 Å². The van der Waals surface area contributed by atoms with Crippen LogP contribution in [-0.4, -0.2) is 43.7 Å². The second-order valence-corrected chi connectivity index (χ2v) is 6.92. The summed E-state index contributed by atoms with van der Waals surface area (Å²) in [6.07, 6.45) is 7.58. The van der Waals surface area contributed by atoms with E-state index in [-0.39, 0.29) is 0 Å². The molecule has 3 heteroatoms. The molecule has 1 unspecified atom stereocenters. The van der Waals surface area contributed by atoms with Gasteiger partial charge >= 0.3 is 0 Å². The van der Waals surface area contributed by atoms with Crippen molar-refractivity contribution in [1.82, 2.24) is 10.2 Å². The van der Waals surface area contributed by atoms with Crippen LogP contribution in [0.1, 0.15) is 51.5 Å². The second kappa shape index (κ2) is 9.94. The maximum absolute atomic E-state index is 5.21. The average Bonchev–Trinajstić information content (AvgIpc) is 2.60. The van der Waals surface area contributed by atoms with Crippen molar-refractivity contribution < 1.29 is 4.74 Å². The van der Waals surface area contributed by atoms with Crippen molar-refractivity contribution >= 4 is 0 Å². The van der Waals surface area contributed by atoms with Gasteiger partial charge in [0.05, 0.1) is 7.11 Å². The van der Waals surface area contributed by atoms with Gasteiger partial charge in [0, 0.05) is 12.1 Å². The molecule has 1 aliphatic rings. The summed E-state index contributed by atoms with van der Waals surface area (Å²) in [5, 5.41) is 3.84. The van der Waals surface area contributed by atoms with Gasteiger partial charge < -0.3 is 15.0 Å². The molecule has 0 bridgehead atoms. The quantitative estimate of drug-likeness (QED) is 0.748. The molecule has 3 nitrogen and oxygen atoms in total. The number of hydrogen-bond donors (Lipinski definition) is 1. The molecule has 1 aromatic rings. The third-order valence-corrected chi connectivity index (χ3v) is 4.96. The van der Waals surface area contributed by atoms with Crippen LogP contribution in [0.2, 0.25) is 0 Å². The highest BCUT2D eigenvalue weighted by molar-refractivity contribution is 5.27. The van der Waals surface area contributed by atoms with Gasteiger partial charge in [-0.2, -0.15) is 0 Å². The van der Waals surface area contributed by atoms with E-state index in [1.54, 1.807) is 7.11 Å². The van der Waals surface area contributed by atoms with Crippen LogP contribution in [0.3, 0.4) is 0 Å². The summed E-state index contributed by atoms with van der Waals surface area (Å²) < 4.78 is 5.21. The summed E-state index contributed by atoms with van der Waals surface area (Å²) >= 11 is 0. The summed E-state index contributed by atoms with van der Waals surface area (Å²) in [6, 6.07) is 9.76. The molecule has 23 heavy (non-hydrogen) atoms. The van der Waals surface area contributed by atoms with Gasteiger partial charge in [-0.25, -0.2) is 0 Å². The average molecular weight is 319 g/mol. The highest BCUT2D eigenvalue weighted by Crippen LogP contribution is 2.15. The third-order valence-electron chi connectivity index (χ3n) is 4.96. The van der Waals surface area contributed by atoms with Gasteiger partial charge in [0.15, 0.2) is 0 Å². The summed E-state index contributed by atoms with van der Waals surface area (Å²) in [7, 11) is 1.72. The predicted molar refractivity (Wildman–Crippen MR) is 98.3 cm³/mol. The smallest absolute Gasteiger partial charge is 0.118 e. The van der Waals surface area contributed by atoms with Gasteiger partial charge in [0.1, 0.15) is 5.75 Å². The summed E-state index contributed by atoms with van der Waals surface area (Å²) in [4.78, 5) is 2.63. The molecule has 0 amide bonds. The van der Waals surface area contributed by atoms with Crippen LogP contribution in [0.4, 0.5) is 0 Å². The maximum Gasteiger partial charge on any atom is 0.118 e.